The lowest BCUT2D eigenvalue weighted by Gasteiger charge is -2.03. The van der Waals surface area contributed by atoms with Crippen LogP contribution in [0.15, 0.2) is 41.0 Å². The van der Waals surface area contributed by atoms with Gasteiger partial charge in [0.25, 0.3) is 0 Å². The largest absolute Gasteiger partial charge is 0.401 e. The Hall–Kier alpha value is -2.66. The Morgan fingerprint density at radius 2 is 2.09 bits per heavy atom. The summed E-state index contributed by atoms with van der Waals surface area (Å²) >= 11 is 1.22. The number of carbonyl (C=O) groups excluding carboxylic acids is 1. The fourth-order valence-electron chi connectivity index (χ4n) is 1.77. The molecule has 22 heavy (non-hydrogen) atoms. The summed E-state index contributed by atoms with van der Waals surface area (Å²) in [7, 11) is 1.82. The van der Waals surface area contributed by atoms with Crippen LogP contribution in [0.5, 0.6) is 0 Å². The lowest BCUT2D eigenvalue weighted by atomic mass is 10.2. The summed E-state index contributed by atoms with van der Waals surface area (Å²) in [6, 6.07) is 5.49. The summed E-state index contributed by atoms with van der Waals surface area (Å²) in [6.07, 6.45) is 3.35. The van der Waals surface area contributed by atoms with Crippen molar-refractivity contribution in [2.24, 2.45) is 12.8 Å². The number of nitrogens with zero attached hydrogens (tertiary/aromatic N) is 5. The zero-order valence-corrected chi connectivity index (χ0v) is 13.0. The molecule has 2 N–H and O–H groups in total. The number of hydrogen-bond acceptors (Lipinski definition) is 7. The normalized spacial score (nSPS) is 11.7. The molecule has 0 aliphatic carbocycles. The maximum Gasteiger partial charge on any atom is 0.191 e. The molecule has 8 heteroatoms. The average Bonchev–Trinajstić information content (AvgIpc) is 2.87. The molecule has 0 atom stereocenters. The van der Waals surface area contributed by atoms with E-state index in [4.69, 9.17) is 11.0 Å². The molecule has 2 aromatic rings. The number of pyridine rings is 1. The van der Waals surface area contributed by atoms with E-state index in [1.165, 1.54) is 18.7 Å². The lowest BCUT2D eigenvalue weighted by Crippen LogP contribution is -2.10. The Kier molecular flexibility index (Phi) is 4.91. The highest BCUT2D eigenvalue weighted by molar-refractivity contribution is 7.99. The molecule has 0 saturated carbocycles. The van der Waals surface area contributed by atoms with Crippen LogP contribution in [0.4, 0.5) is 0 Å². The molecule has 0 bridgehead atoms. The highest BCUT2D eigenvalue weighted by Crippen LogP contribution is 2.22. The number of nitriles is 1. The van der Waals surface area contributed by atoms with Gasteiger partial charge < -0.3 is 10.3 Å². The zero-order valence-electron chi connectivity index (χ0n) is 12.1. The molecule has 2 aromatic heterocycles. The third-order valence-corrected chi connectivity index (χ3v) is 3.91. The number of allylic oxidation sites excluding steroid dienone is 2. The fourth-order valence-corrected chi connectivity index (χ4v) is 2.55. The molecule has 0 radical (unpaired) electrons. The van der Waals surface area contributed by atoms with Crippen LogP contribution >= 0.6 is 11.8 Å². The molecule has 0 aliphatic heterocycles. The van der Waals surface area contributed by atoms with Crippen molar-refractivity contribution < 1.29 is 4.79 Å². The second-order valence-electron chi connectivity index (χ2n) is 4.48. The van der Waals surface area contributed by atoms with Gasteiger partial charge in [-0.25, -0.2) is 0 Å². The standard InChI is InChI=1S/C14H14N6OS/c1-9(16)11(7-15)12(21)8-22-14-19-18-13(20(14)2)10-3-5-17-6-4-10/h3-6H,8,16H2,1-2H3/b11-9-. The van der Waals surface area contributed by atoms with E-state index in [1.807, 2.05) is 25.2 Å². The molecular formula is C14H14N6OS. The highest BCUT2D eigenvalue weighted by Gasteiger charge is 2.16. The van der Waals surface area contributed by atoms with E-state index in [0.29, 0.717) is 11.0 Å². The molecule has 2 heterocycles. The van der Waals surface area contributed by atoms with Crippen molar-refractivity contribution in [2.45, 2.75) is 12.1 Å². The van der Waals surface area contributed by atoms with Gasteiger partial charge in [0.1, 0.15) is 11.6 Å². The quantitative estimate of drug-likeness (QED) is 0.503. The van der Waals surface area contributed by atoms with Crippen LogP contribution in [0, 0.1) is 11.3 Å². The summed E-state index contributed by atoms with van der Waals surface area (Å²) in [5, 5.41) is 17.7. The minimum absolute atomic E-state index is 0.0102. The Labute approximate surface area is 131 Å². The van der Waals surface area contributed by atoms with Crippen LogP contribution in [0.2, 0.25) is 0 Å². The molecule has 0 fully saturated rings. The SMILES string of the molecule is C/C(N)=C(\C#N)C(=O)CSc1nnc(-c2ccncc2)n1C. The first kappa shape index (κ1) is 15.7. The molecule has 0 spiro atoms. The first-order valence-corrected chi connectivity index (χ1v) is 7.35. The van der Waals surface area contributed by atoms with Crippen molar-refractivity contribution in [3.05, 3.63) is 35.8 Å². The van der Waals surface area contributed by atoms with E-state index in [9.17, 15) is 4.79 Å². The van der Waals surface area contributed by atoms with Crippen molar-refractivity contribution in [3.8, 4) is 17.5 Å². The smallest absolute Gasteiger partial charge is 0.191 e. The first-order valence-electron chi connectivity index (χ1n) is 6.36. The van der Waals surface area contributed by atoms with Crippen molar-refractivity contribution in [1.29, 1.82) is 5.26 Å². The number of hydrogen-bond donors (Lipinski definition) is 1. The van der Waals surface area contributed by atoms with Gasteiger partial charge in [0, 0.05) is 30.7 Å². The fraction of sp³-hybridized carbons (Fsp3) is 0.214. The van der Waals surface area contributed by atoms with Gasteiger partial charge >= 0.3 is 0 Å². The molecule has 0 amide bonds. The van der Waals surface area contributed by atoms with Crippen LogP contribution in [0.1, 0.15) is 6.92 Å². The Morgan fingerprint density at radius 1 is 1.41 bits per heavy atom. The summed E-state index contributed by atoms with van der Waals surface area (Å²) in [6.45, 7) is 1.53. The van der Waals surface area contributed by atoms with Gasteiger partial charge in [-0.1, -0.05) is 11.8 Å². The second-order valence-corrected chi connectivity index (χ2v) is 5.43. The Balaban J connectivity index is 2.13. The van der Waals surface area contributed by atoms with Gasteiger partial charge in [-0.05, 0) is 19.1 Å². The predicted octanol–water partition coefficient (Wildman–Crippen LogP) is 1.29. The number of thioether (sulfide) groups is 1. The molecule has 0 aromatic carbocycles. The topological polar surface area (TPSA) is 110 Å². The summed E-state index contributed by atoms with van der Waals surface area (Å²) in [5.41, 5.74) is 6.62. The zero-order chi connectivity index (χ0) is 16.1. The highest BCUT2D eigenvalue weighted by atomic mass is 32.2. The van der Waals surface area contributed by atoms with Crippen molar-refractivity contribution in [2.75, 3.05) is 5.75 Å². The summed E-state index contributed by atoms with van der Waals surface area (Å²) in [4.78, 5) is 15.9. The summed E-state index contributed by atoms with van der Waals surface area (Å²) in [5.74, 6) is 0.448. The van der Waals surface area contributed by atoms with Gasteiger partial charge in [0.2, 0.25) is 0 Å². The molecular weight excluding hydrogens is 300 g/mol. The maximum atomic E-state index is 11.9. The van der Waals surface area contributed by atoms with Gasteiger partial charge in [0.05, 0.1) is 5.75 Å². The van der Waals surface area contributed by atoms with E-state index >= 15 is 0 Å². The lowest BCUT2D eigenvalue weighted by molar-refractivity contribution is -0.112. The molecule has 7 nitrogen and oxygen atoms in total. The molecule has 0 saturated heterocycles. The maximum absolute atomic E-state index is 11.9. The van der Waals surface area contributed by atoms with Crippen LogP contribution in [-0.4, -0.2) is 31.3 Å². The Bertz CT molecular complexity index is 755. The minimum atomic E-state index is -0.319. The number of rotatable bonds is 5. The van der Waals surface area contributed by atoms with Gasteiger partial charge in [-0.3, -0.25) is 9.78 Å². The number of carbonyl (C=O) groups is 1. The predicted molar refractivity (Wildman–Crippen MR) is 82.5 cm³/mol. The van der Waals surface area contributed by atoms with Crippen LogP contribution < -0.4 is 5.73 Å². The van der Waals surface area contributed by atoms with E-state index in [1.54, 1.807) is 17.0 Å². The number of Topliss-reactive ketones (excluding diaryl/α,β-unsaturated/α-hetero) is 1. The minimum Gasteiger partial charge on any atom is -0.401 e. The molecule has 2 rings (SSSR count). The monoisotopic (exact) mass is 314 g/mol. The van der Waals surface area contributed by atoms with E-state index < -0.39 is 0 Å². The second kappa shape index (κ2) is 6.87. The molecule has 0 aliphatic rings. The van der Waals surface area contributed by atoms with Crippen molar-refractivity contribution in [3.63, 3.8) is 0 Å². The number of ketones is 1. The third-order valence-electron chi connectivity index (χ3n) is 2.89. The third kappa shape index (κ3) is 3.32. The van der Waals surface area contributed by atoms with Crippen molar-refractivity contribution in [1.82, 2.24) is 19.7 Å². The van der Waals surface area contributed by atoms with E-state index in [0.717, 1.165) is 5.56 Å². The van der Waals surface area contributed by atoms with Gasteiger partial charge in [-0.2, -0.15) is 5.26 Å². The van der Waals surface area contributed by atoms with Crippen LogP contribution in [-0.2, 0) is 11.8 Å². The van der Waals surface area contributed by atoms with Gasteiger partial charge in [0.15, 0.2) is 16.8 Å². The molecule has 0 unspecified atom stereocenters. The van der Waals surface area contributed by atoms with E-state index in [2.05, 4.69) is 15.2 Å². The van der Waals surface area contributed by atoms with Crippen LogP contribution in [0.25, 0.3) is 11.4 Å². The number of aromatic nitrogens is 4. The average molecular weight is 314 g/mol. The number of nitrogens with two attached hydrogens (primary N) is 1. The van der Waals surface area contributed by atoms with Crippen molar-refractivity contribution >= 4 is 17.5 Å². The summed E-state index contributed by atoms with van der Waals surface area (Å²) < 4.78 is 1.79. The van der Waals surface area contributed by atoms with Crippen LogP contribution in [0.3, 0.4) is 0 Å². The van der Waals surface area contributed by atoms with Gasteiger partial charge in [-0.15, -0.1) is 10.2 Å². The molecule has 112 valence electrons. The Morgan fingerprint density at radius 3 is 2.68 bits per heavy atom. The van der Waals surface area contributed by atoms with E-state index in [-0.39, 0.29) is 22.8 Å². The first-order chi connectivity index (χ1) is 10.5.